The Bertz CT molecular complexity index is 382. The summed E-state index contributed by atoms with van der Waals surface area (Å²) in [6, 6.07) is 9.04. The molecule has 0 bridgehead atoms. The quantitative estimate of drug-likeness (QED) is 0.775. The molecule has 2 aliphatic rings. The van der Waals surface area contributed by atoms with Crippen LogP contribution in [0.2, 0.25) is 0 Å². The lowest BCUT2D eigenvalue weighted by Crippen LogP contribution is -2.56. The number of anilines is 1. The van der Waals surface area contributed by atoms with Crippen LogP contribution in [0.15, 0.2) is 24.3 Å². The summed E-state index contributed by atoms with van der Waals surface area (Å²) in [6.07, 6.45) is 1.24. The predicted molar refractivity (Wildman–Crippen MR) is 70.6 cm³/mol. The van der Waals surface area contributed by atoms with Crippen LogP contribution in [0.25, 0.3) is 0 Å². The highest BCUT2D eigenvalue weighted by Crippen LogP contribution is 2.40. The van der Waals surface area contributed by atoms with Crippen LogP contribution in [-0.2, 0) is 4.74 Å². The van der Waals surface area contributed by atoms with Crippen molar-refractivity contribution in [3.05, 3.63) is 29.8 Å². The summed E-state index contributed by atoms with van der Waals surface area (Å²) >= 11 is 0. The molecule has 0 aromatic heterocycles. The molecule has 0 amide bonds. The van der Waals surface area contributed by atoms with E-state index in [-0.39, 0.29) is 0 Å². The van der Waals surface area contributed by atoms with Gasteiger partial charge >= 0.3 is 0 Å². The monoisotopic (exact) mass is 231 g/mol. The summed E-state index contributed by atoms with van der Waals surface area (Å²) in [5, 5.41) is 0. The Morgan fingerprint density at radius 1 is 1.18 bits per heavy atom. The molecule has 0 N–H and O–H groups in total. The van der Waals surface area contributed by atoms with Crippen molar-refractivity contribution < 1.29 is 4.74 Å². The zero-order valence-electron chi connectivity index (χ0n) is 10.8. The molecule has 0 atom stereocenters. The molecule has 0 aliphatic carbocycles. The van der Waals surface area contributed by atoms with E-state index in [1.165, 1.54) is 30.8 Å². The Morgan fingerprint density at radius 2 is 1.88 bits per heavy atom. The van der Waals surface area contributed by atoms with Gasteiger partial charge < -0.3 is 9.64 Å². The molecule has 0 radical (unpaired) electrons. The molecule has 2 nitrogen and oxygen atoms in total. The lowest BCUT2D eigenvalue weighted by molar-refractivity contribution is 0.131. The molecular formula is C15H21NO. The summed E-state index contributed by atoms with van der Waals surface area (Å²) in [5.74, 6) is 0.620. The summed E-state index contributed by atoms with van der Waals surface area (Å²) in [6.45, 7) is 8.75. The zero-order valence-corrected chi connectivity index (χ0v) is 10.8. The van der Waals surface area contributed by atoms with Gasteiger partial charge in [0.25, 0.3) is 0 Å². The molecular weight excluding hydrogens is 210 g/mol. The second-order valence-electron chi connectivity index (χ2n) is 5.90. The maximum Gasteiger partial charge on any atom is 0.0557 e. The van der Waals surface area contributed by atoms with E-state index >= 15 is 0 Å². The Hall–Kier alpha value is -1.02. The molecule has 0 saturated carbocycles. The van der Waals surface area contributed by atoms with Gasteiger partial charge in [-0.1, -0.05) is 26.0 Å². The van der Waals surface area contributed by atoms with Crippen molar-refractivity contribution in [3.8, 4) is 0 Å². The number of rotatable bonds is 2. The van der Waals surface area contributed by atoms with Crippen molar-refractivity contribution in [2.24, 2.45) is 5.41 Å². The minimum absolute atomic E-state index is 0.483. The molecule has 92 valence electrons. The molecule has 17 heavy (non-hydrogen) atoms. The highest BCUT2D eigenvalue weighted by molar-refractivity contribution is 5.51. The van der Waals surface area contributed by atoms with Gasteiger partial charge in [0, 0.05) is 30.8 Å². The Balaban J connectivity index is 1.66. The van der Waals surface area contributed by atoms with Crippen molar-refractivity contribution in [2.45, 2.75) is 26.2 Å². The maximum absolute atomic E-state index is 5.51. The van der Waals surface area contributed by atoms with Crippen LogP contribution in [0.3, 0.4) is 0 Å². The number of benzene rings is 1. The standard InChI is InChI=1S/C15H21NO/c1-12(2)13-3-5-14(6-4-13)16-9-15(10-16)7-8-17-11-15/h3-6,12H,7-11H2,1-2H3. The summed E-state index contributed by atoms with van der Waals surface area (Å²) in [7, 11) is 0. The minimum atomic E-state index is 0.483. The van der Waals surface area contributed by atoms with Gasteiger partial charge in [-0.25, -0.2) is 0 Å². The second-order valence-corrected chi connectivity index (χ2v) is 5.90. The van der Waals surface area contributed by atoms with Crippen molar-refractivity contribution in [3.63, 3.8) is 0 Å². The average Bonchev–Trinajstić information content (AvgIpc) is 2.76. The van der Waals surface area contributed by atoms with Crippen LogP contribution >= 0.6 is 0 Å². The fourth-order valence-corrected chi connectivity index (χ4v) is 2.91. The van der Waals surface area contributed by atoms with Crippen LogP contribution in [-0.4, -0.2) is 26.3 Å². The molecule has 2 heterocycles. The Kier molecular flexibility index (Phi) is 2.62. The van der Waals surface area contributed by atoms with E-state index in [0.717, 1.165) is 13.2 Å². The van der Waals surface area contributed by atoms with Crippen LogP contribution < -0.4 is 4.90 Å². The highest BCUT2D eigenvalue weighted by Gasteiger charge is 2.45. The van der Waals surface area contributed by atoms with E-state index in [2.05, 4.69) is 43.0 Å². The normalized spacial score (nSPS) is 22.2. The summed E-state index contributed by atoms with van der Waals surface area (Å²) < 4.78 is 5.51. The van der Waals surface area contributed by atoms with E-state index < -0.39 is 0 Å². The lowest BCUT2D eigenvalue weighted by atomic mass is 9.79. The zero-order chi connectivity index (χ0) is 11.9. The van der Waals surface area contributed by atoms with Gasteiger partial charge in [0.1, 0.15) is 0 Å². The molecule has 0 unspecified atom stereocenters. The number of ether oxygens (including phenoxy) is 1. The van der Waals surface area contributed by atoms with E-state index in [1.807, 2.05) is 0 Å². The van der Waals surface area contributed by atoms with Crippen LogP contribution in [0, 0.1) is 5.41 Å². The van der Waals surface area contributed by atoms with Gasteiger partial charge in [-0.05, 0) is 30.0 Å². The van der Waals surface area contributed by atoms with Crippen LogP contribution in [0.5, 0.6) is 0 Å². The topological polar surface area (TPSA) is 12.5 Å². The first-order valence-electron chi connectivity index (χ1n) is 6.61. The molecule has 2 aliphatic heterocycles. The van der Waals surface area contributed by atoms with E-state index in [0.29, 0.717) is 11.3 Å². The molecule has 1 spiro atoms. The lowest BCUT2D eigenvalue weighted by Gasteiger charge is -2.48. The average molecular weight is 231 g/mol. The first-order chi connectivity index (χ1) is 8.19. The van der Waals surface area contributed by atoms with Gasteiger partial charge in [-0.3, -0.25) is 0 Å². The van der Waals surface area contributed by atoms with E-state index in [1.54, 1.807) is 0 Å². The van der Waals surface area contributed by atoms with Crippen molar-refractivity contribution >= 4 is 5.69 Å². The molecule has 2 fully saturated rings. The molecule has 1 aromatic rings. The van der Waals surface area contributed by atoms with Gasteiger partial charge in [-0.15, -0.1) is 0 Å². The molecule has 1 aromatic carbocycles. The van der Waals surface area contributed by atoms with Gasteiger partial charge in [-0.2, -0.15) is 0 Å². The second kappa shape index (κ2) is 4.02. The number of nitrogens with zero attached hydrogens (tertiary/aromatic N) is 1. The molecule has 2 saturated heterocycles. The van der Waals surface area contributed by atoms with E-state index in [4.69, 9.17) is 4.74 Å². The van der Waals surface area contributed by atoms with Crippen LogP contribution in [0.4, 0.5) is 5.69 Å². The molecule has 3 rings (SSSR count). The van der Waals surface area contributed by atoms with Crippen molar-refractivity contribution in [1.29, 1.82) is 0 Å². The van der Waals surface area contributed by atoms with Gasteiger partial charge in [0.2, 0.25) is 0 Å². The van der Waals surface area contributed by atoms with E-state index in [9.17, 15) is 0 Å². The largest absolute Gasteiger partial charge is 0.381 e. The third kappa shape index (κ3) is 1.95. The van der Waals surface area contributed by atoms with Gasteiger partial charge in [0.05, 0.1) is 6.61 Å². The fourth-order valence-electron chi connectivity index (χ4n) is 2.91. The number of hydrogen-bond donors (Lipinski definition) is 0. The number of hydrogen-bond acceptors (Lipinski definition) is 2. The van der Waals surface area contributed by atoms with Gasteiger partial charge in [0.15, 0.2) is 0 Å². The first-order valence-corrected chi connectivity index (χ1v) is 6.61. The smallest absolute Gasteiger partial charge is 0.0557 e. The Morgan fingerprint density at radius 3 is 2.41 bits per heavy atom. The minimum Gasteiger partial charge on any atom is -0.381 e. The third-order valence-electron chi connectivity index (χ3n) is 4.16. The van der Waals surface area contributed by atoms with Crippen LogP contribution in [0.1, 0.15) is 31.7 Å². The molecule has 2 heteroatoms. The summed E-state index contributed by atoms with van der Waals surface area (Å²) in [4.78, 5) is 2.47. The first kappa shape index (κ1) is 11.1. The fraction of sp³-hybridized carbons (Fsp3) is 0.600. The Labute approximate surface area is 104 Å². The predicted octanol–water partition coefficient (Wildman–Crippen LogP) is 3.04. The highest BCUT2D eigenvalue weighted by atomic mass is 16.5. The van der Waals surface area contributed by atoms with Crippen molar-refractivity contribution in [2.75, 3.05) is 31.2 Å². The van der Waals surface area contributed by atoms with Crippen molar-refractivity contribution in [1.82, 2.24) is 0 Å². The maximum atomic E-state index is 5.51. The SMILES string of the molecule is CC(C)c1ccc(N2CC3(CCOC3)C2)cc1. The summed E-state index contributed by atoms with van der Waals surface area (Å²) in [5.41, 5.74) is 3.27. The third-order valence-corrected chi connectivity index (χ3v) is 4.16.